The summed E-state index contributed by atoms with van der Waals surface area (Å²) in [5.41, 5.74) is 16.9. The Hall–Kier alpha value is -6.38. The van der Waals surface area contributed by atoms with Crippen LogP contribution < -0.4 is 9.80 Å². The van der Waals surface area contributed by atoms with Crippen molar-refractivity contribution in [1.29, 1.82) is 0 Å². The number of nitrogens with zero attached hydrogens (tertiary/aromatic N) is 2. The molecule has 2 nitrogen and oxygen atoms in total. The molecule has 2 heterocycles. The van der Waals surface area contributed by atoms with Crippen molar-refractivity contribution in [3.8, 4) is 44.5 Å². The largest absolute Gasteiger partial charge is 0.309 e. The van der Waals surface area contributed by atoms with Gasteiger partial charge >= 0.3 is 0 Å². The molecule has 0 N–H and O–H groups in total. The minimum atomic E-state index is 1.15. The quantitative estimate of drug-likeness (QED) is 0.192. The topological polar surface area (TPSA) is 6.48 Å². The van der Waals surface area contributed by atoms with Crippen molar-refractivity contribution in [2.45, 2.75) is 0 Å². The lowest BCUT2D eigenvalue weighted by Crippen LogP contribution is -2.13. The van der Waals surface area contributed by atoms with Crippen LogP contribution >= 0.6 is 0 Å². The van der Waals surface area contributed by atoms with E-state index in [2.05, 4.69) is 192 Å². The summed E-state index contributed by atoms with van der Waals surface area (Å²) in [5, 5.41) is 2.39. The molecule has 0 spiro atoms. The predicted octanol–water partition coefficient (Wildman–Crippen LogP) is 13.1. The second-order valence-electron chi connectivity index (χ2n) is 12.5. The monoisotopic (exact) mass is 610 g/mol. The zero-order valence-electron chi connectivity index (χ0n) is 26.2. The Morgan fingerprint density at radius 2 is 0.417 bits per heavy atom. The van der Waals surface area contributed by atoms with Gasteiger partial charge in [0.05, 0.1) is 34.1 Å². The van der Waals surface area contributed by atoms with E-state index in [0.29, 0.717) is 0 Å². The van der Waals surface area contributed by atoms with E-state index < -0.39 is 0 Å². The molecule has 48 heavy (non-hydrogen) atoms. The number of anilines is 6. The van der Waals surface area contributed by atoms with E-state index in [-0.39, 0.29) is 0 Å². The van der Waals surface area contributed by atoms with Gasteiger partial charge in [0, 0.05) is 33.0 Å². The summed E-state index contributed by atoms with van der Waals surface area (Å²) in [6.45, 7) is 0. The van der Waals surface area contributed by atoms with Crippen LogP contribution in [0.25, 0.3) is 55.3 Å². The summed E-state index contributed by atoms with van der Waals surface area (Å²) in [5.74, 6) is 0. The first-order valence-electron chi connectivity index (χ1n) is 16.5. The molecular weight excluding hydrogens is 581 g/mol. The minimum Gasteiger partial charge on any atom is -0.309 e. The van der Waals surface area contributed by atoms with Gasteiger partial charge in [0.2, 0.25) is 0 Å². The van der Waals surface area contributed by atoms with Crippen molar-refractivity contribution in [2.75, 3.05) is 9.80 Å². The van der Waals surface area contributed by atoms with Crippen LogP contribution in [0.4, 0.5) is 34.1 Å². The zero-order valence-corrected chi connectivity index (χ0v) is 26.2. The fraction of sp³-hybridized carbons (Fsp3) is 0. The van der Waals surface area contributed by atoms with Gasteiger partial charge in [-0.1, -0.05) is 146 Å². The highest BCUT2D eigenvalue weighted by Crippen LogP contribution is 2.54. The SMILES string of the molecule is c1ccc2c(c1)-c1ccccc1N(c1cccc3c(N4c5ccccc5-c5ccccc5-c5ccccc54)cccc13)c1ccccc1-2. The van der Waals surface area contributed by atoms with Crippen LogP contribution in [0.5, 0.6) is 0 Å². The highest BCUT2D eigenvalue weighted by molar-refractivity contribution is 6.12. The summed E-state index contributed by atoms with van der Waals surface area (Å²) in [6.07, 6.45) is 0. The van der Waals surface area contributed by atoms with Crippen LogP contribution in [0.15, 0.2) is 182 Å². The van der Waals surface area contributed by atoms with Gasteiger partial charge < -0.3 is 9.80 Å². The Morgan fingerprint density at radius 1 is 0.188 bits per heavy atom. The first-order valence-corrected chi connectivity index (χ1v) is 16.5. The molecule has 2 aliphatic rings. The van der Waals surface area contributed by atoms with Crippen LogP contribution in [0.3, 0.4) is 0 Å². The van der Waals surface area contributed by atoms with E-state index >= 15 is 0 Å². The normalized spacial score (nSPS) is 12.5. The lowest BCUT2D eigenvalue weighted by Gasteiger charge is -2.31. The number of benzene rings is 8. The summed E-state index contributed by atoms with van der Waals surface area (Å²) in [6, 6.07) is 66.4. The van der Waals surface area contributed by atoms with Crippen LogP contribution in [-0.2, 0) is 0 Å². The number of para-hydroxylation sites is 4. The van der Waals surface area contributed by atoms with Crippen LogP contribution in [0.1, 0.15) is 0 Å². The second-order valence-corrected chi connectivity index (χ2v) is 12.5. The average Bonchev–Trinajstić information content (AvgIpc) is 3.36. The summed E-state index contributed by atoms with van der Waals surface area (Å²) >= 11 is 0. The van der Waals surface area contributed by atoms with E-state index in [1.165, 1.54) is 78.0 Å². The molecule has 0 aromatic heterocycles. The molecule has 0 unspecified atom stereocenters. The summed E-state index contributed by atoms with van der Waals surface area (Å²) in [7, 11) is 0. The maximum atomic E-state index is 2.47. The van der Waals surface area contributed by atoms with E-state index in [1.54, 1.807) is 0 Å². The first kappa shape index (κ1) is 26.8. The van der Waals surface area contributed by atoms with Gasteiger partial charge in [-0.25, -0.2) is 0 Å². The Bertz CT molecular complexity index is 2230. The van der Waals surface area contributed by atoms with Crippen molar-refractivity contribution in [3.63, 3.8) is 0 Å². The number of fused-ring (bicyclic) bond motifs is 11. The second kappa shape index (κ2) is 10.6. The van der Waals surface area contributed by atoms with Crippen molar-refractivity contribution < 1.29 is 0 Å². The smallest absolute Gasteiger partial charge is 0.0541 e. The zero-order chi connectivity index (χ0) is 31.6. The van der Waals surface area contributed by atoms with Crippen molar-refractivity contribution in [1.82, 2.24) is 0 Å². The van der Waals surface area contributed by atoms with Crippen molar-refractivity contribution in [3.05, 3.63) is 182 Å². The molecular formula is C46H30N2. The fourth-order valence-corrected chi connectivity index (χ4v) is 7.94. The van der Waals surface area contributed by atoms with Crippen molar-refractivity contribution >= 4 is 44.9 Å². The number of rotatable bonds is 2. The van der Waals surface area contributed by atoms with E-state index in [4.69, 9.17) is 0 Å². The molecule has 0 aliphatic carbocycles. The molecule has 0 fully saturated rings. The highest BCUT2D eigenvalue weighted by atomic mass is 15.2. The molecule has 2 aliphatic heterocycles. The van der Waals surface area contributed by atoms with Gasteiger partial charge in [-0.15, -0.1) is 0 Å². The van der Waals surface area contributed by atoms with Crippen LogP contribution in [0, 0.1) is 0 Å². The highest BCUT2D eigenvalue weighted by Gasteiger charge is 2.29. The Morgan fingerprint density at radius 3 is 0.708 bits per heavy atom. The lowest BCUT2D eigenvalue weighted by molar-refractivity contribution is 1.30. The first-order chi connectivity index (χ1) is 23.9. The standard InChI is InChI=1S/C46H30N2/c1-2-16-32-31(15-1)35-19-5-9-25-41(35)47(42-26-10-6-20-36(32)42)45-29-13-24-40-39(45)23-14-30-46(40)48-43-27-11-7-21-37(43)33-17-3-4-18-34(33)38-22-8-12-28-44(38)48/h1-30H. The van der Waals surface area contributed by atoms with E-state index in [9.17, 15) is 0 Å². The van der Waals surface area contributed by atoms with Gasteiger partial charge in [0.25, 0.3) is 0 Å². The third-order valence-corrected chi connectivity index (χ3v) is 9.95. The lowest BCUT2D eigenvalue weighted by atomic mass is 9.95. The van der Waals surface area contributed by atoms with Crippen molar-refractivity contribution in [2.24, 2.45) is 0 Å². The molecule has 10 rings (SSSR count). The molecule has 0 radical (unpaired) electrons. The third kappa shape index (κ3) is 3.87. The number of hydrogen-bond acceptors (Lipinski definition) is 2. The maximum Gasteiger partial charge on any atom is 0.0541 e. The van der Waals surface area contributed by atoms with Gasteiger partial charge in [-0.05, 0) is 58.7 Å². The van der Waals surface area contributed by atoms with Gasteiger partial charge in [-0.3, -0.25) is 0 Å². The van der Waals surface area contributed by atoms with E-state index in [0.717, 1.165) is 11.4 Å². The fourth-order valence-electron chi connectivity index (χ4n) is 7.94. The molecule has 0 atom stereocenters. The predicted molar refractivity (Wildman–Crippen MR) is 202 cm³/mol. The molecule has 0 bridgehead atoms. The molecule has 0 amide bonds. The molecule has 8 aromatic rings. The summed E-state index contributed by atoms with van der Waals surface area (Å²) in [4.78, 5) is 4.94. The minimum absolute atomic E-state index is 1.15. The van der Waals surface area contributed by atoms with E-state index in [1.807, 2.05) is 0 Å². The van der Waals surface area contributed by atoms with Gasteiger partial charge in [0.15, 0.2) is 0 Å². The Kier molecular flexibility index (Phi) is 5.91. The number of hydrogen-bond donors (Lipinski definition) is 0. The van der Waals surface area contributed by atoms with Crippen LogP contribution in [-0.4, -0.2) is 0 Å². The molecule has 0 saturated carbocycles. The van der Waals surface area contributed by atoms with Gasteiger partial charge in [0.1, 0.15) is 0 Å². The van der Waals surface area contributed by atoms with Gasteiger partial charge in [-0.2, -0.15) is 0 Å². The molecule has 224 valence electrons. The Balaban J connectivity index is 1.26. The molecule has 0 saturated heterocycles. The summed E-state index contributed by atoms with van der Waals surface area (Å²) < 4.78 is 0. The maximum absolute atomic E-state index is 2.47. The Labute approximate surface area is 280 Å². The molecule has 8 aromatic carbocycles. The molecule has 2 heteroatoms. The van der Waals surface area contributed by atoms with Crippen LogP contribution in [0.2, 0.25) is 0 Å². The average molecular weight is 611 g/mol. The third-order valence-electron chi connectivity index (χ3n) is 9.95.